The van der Waals surface area contributed by atoms with Gasteiger partial charge >= 0.3 is 0 Å². The van der Waals surface area contributed by atoms with Gasteiger partial charge in [-0.1, -0.05) is 31.5 Å². The summed E-state index contributed by atoms with van der Waals surface area (Å²) in [6, 6.07) is 9.51. The molecule has 1 N–H and O–H groups in total. The van der Waals surface area contributed by atoms with Gasteiger partial charge in [0.1, 0.15) is 24.2 Å². The summed E-state index contributed by atoms with van der Waals surface area (Å²) in [6.45, 7) is 3.04. The Kier molecular flexibility index (Phi) is 9.33. The van der Waals surface area contributed by atoms with Crippen molar-refractivity contribution in [3.05, 3.63) is 65.7 Å². The molecule has 1 atom stereocenters. The Morgan fingerprint density at radius 1 is 1.06 bits per heavy atom. The van der Waals surface area contributed by atoms with E-state index in [1.165, 1.54) is 37.3 Å². The molecule has 33 heavy (non-hydrogen) atoms. The van der Waals surface area contributed by atoms with Crippen LogP contribution in [0.5, 0.6) is 0 Å². The molecule has 10 heteroatoms. The zero-order valence-electron chi connectivity index (χ0n) is 18.9. The summed E-state index contributed by atoms with van der Waals surface area (Å²) in [7, 11) is -3.92. The second kappa shape index (κ2) is 11.7. The highest BCUT2D eigenvalue weighted by Crippen LogP contribution is 2.20. The smallest absolute Gasteiger partial charge is 0.244 e. The number of hydrogen-bond acceptors (Lipinski definition) is 4. The maximum atomic E-state index is 14.3. The standard InChI is InChI=1S/C23H29F2N3O4S/c1-4-5-14-26-23(30)17(2)27(15-18-8-6-7-9-21(18)25)22(29)16-28(33(3,31)32)20-12-10-19(24)11-13-20/h6-13,17H,4-5,14-16H2,1-3H3,(H,26,30). The van der Waals surface area contributed by atoms with Crippen LogP contribution < -0.4 is 9.62 Å². The first-order chi connectivity index (χ1) is 15.5. The Bertz CT molecular complexity index is 1060. The maximum absolute atomic E-state index is 14.3. The number of halogens is 2. The van der Waals surface area contributed by atoms with E-state index >= 15 is 0 Å². The van der Waals surface area contributed by atoms with E-state index in [1.54, 1.807) is 6.07 Å². The van der Waals surface area contributed by atoms with Crippen LogP contribution in [0, 0.1) is 11.6 Å². The van der Waals surface area contributed by atoms with Gasteiger partial charge in [0.05, 0.1) is 11.9 Å². The molecule has 0 saturated heterocycles. The highest BCUT2D eigenvalue weighted by Gasteiger charge is 2.30. The van der Waals surface area contributed by atoms with Gasteiger partial charge in [-0.3, -0.25) is 13.9 Å². The Hall–Kier alpha value is -3.01. The third-order valence-corrected chi connectivity index (χ3v) is 6.23. The van der Waals surface area contributed by atoms with Gasteiger partial charge < -0.3 is 10.2 Å². The van der Waals surface area contributed by atoms with E-state index in [4.69, 9.17) is 0 Å². The molecule has 2 aromatic rings. The molecular weight excluding hydrogens is 452 g/mol. The van der Waals surface area contributed by atoms with Crippen LogP contribution in [-0.4, -0.2) is 50.5 Å². The molecule has 2 aromatic carbocycles. The summed E-state index contributed by atoms with van der Waals surface area (Å²) in [6.07, 6.45) is 2.55. The van der Waals surface area contributed by atoms with Crippen molar-refractivity contribution in [2.75, 3.05) is 23.7 Å². The van der Waals surface area contributed by atoms with Crippen molar-refractivity contribution in [1.29, 1.82) is 0 Å². The first-order valence-electron chi connectivity index (χ1n) is 10.6. The summed E-state index contributed by atoms with van der Waals surface area (Å²) in [5.41, 5.74) is 0.282. The van der Waals surface area contributed by atoms with Gasteiger partial charge in [0.25, 0.3) is 0 Å². The van der Waals surface area contributed by atoms with Crippen LogP contribution in [0.3, 0.4) is 0 Å². The number of rotatable bonds is 11. The van der Waals surface area contributed by atoms with E-state index in [2.05, 4.69) is 5.32 Å². The van der Waals surface area contributed by atoms with Crippen molar-refractivity contribution in [3.8, 4) is 0 Å². The highest BCUT2D eigenvalue weighted by molar-refractivity contribution is 7.92. The minimum absolute atomic E-state index is 0.0955. The molecule has 0 aliphatic carbocycles. The van der Waals surface area contributed by atoms with Gasteiger partial charge in [0.2, 0.25) is 21.8 Å². The van der Waals surface area contributed by atoms with Gasteiger partial charge in [0.15, 0.2) is 0 Å². The third kappa shape index (κ3) is 7.52. The molecule has 0 saturated carbocycles. The van der Waals surface area contributed by atoms with Crippen molar-refractivity contribution in [1.82, 2.24) is 10.2 Å². The monoisotopic (exact) mass is 481 g/mol. The zero-order chi connectivity index (χ0) is 24.6. The Labute approximate surface area is 193 Å². The normalized spacial score (nSPS) is 12.2. The quantitative estimate of drug-likeness (QED) is 0.500. The number of amides is 2. The molecule has 2 amide bonds. The molecular formula is C23H29F2N3O4S. The molecule has 0 radical (unpaired) electrons. The lowest BCUT2D eigenvalue weighted by molar-refractivity contribution is -0.139. The van der Waals surface area contributed by atoms with Crippen LogP contribution in [0.15, 0.2) is 48.5 Å². The van der Waals surface area contributed by atoms with E-state index in [1.807, 2.05) is 6.92 Å². The lowest BCUT2D eigenvalue weighted by Crippen LogP contribution is -2.51. The van der Waals surface area contributed by atoms with Crippen molar-refractivity contribution in [2.24, 2.45) is 0 Å². The number of nitrogens with one attached hydrogen (secondary N) is 1. The van der Waals surface area contributed by atoms with Gasteiger partial charge in [0, 0.05) is 18.7 Å². The van der Waals surface area contributed by atoms with Gasteiger partial charge in [-0.15, -0.1) is 0 Å². The zero-order valence-corrected chi connectivity index (χ0v) is 19.7. The number of benzene rings is 2. The molecule has 0 spiro atoms. The number of nitrogens with zero attached hydrogens (tertiary/aromatic N) is 2. The summed E-state index contributed by atoms with van der Waals surface area (Å²) in [5, 5.41) is 2.74. The van der Waals surface area contributed by atoms with Crippen molar-refractivity contribution >= 4 is 27.5 Å². The van der Waals surface area contributed by atoms with Crippen molar-refractivity contribution < 1.29 is 26.8 Å². The first-order valence-corrected chi connectivity index (χ1v) is 12.4. The Morgan fingerprint density at radius 3 is 2.27 bits per heavy atom. The average Bonchev–Trinajstić information content (AvgIpc) is 2.76. The molecule has 7 nitrogen and oxygen atoms in total. The first kappa shape index (κ1) is 26.2. The fourth-order valence-electron chi connectivity index (χ4n) is 3.15. The Balaban J connectivity index is 2.35. The van der Waals surface area contributed by atoms with E-state index < -0.39 is 46.1 Å². The Morgan fingerprint density at radius 2 is 1.70 bits per heavy atom. The number of hydrogen-bond donors (Lipinski definition) is 1. The lowest BCUT2D eigenvalue weighted by Gasteiger charge is -2.31. The molecule has 2 rings (SSSR count). The summed E-state index contributed by atoms with van der Waals surface area (Å²) < 4.78 is 53.2. The van der Waals surface area contributed by atoms with E-state index in [0.717, 1.165) is 40.4 Å². The van der Waals surface area contributed by atoms with Crippen LogP contribution in [0.2, 0.25) is 0 Å². The van der Waals surface area contributed by atoms with Crippen LogP contribution in [0.25, 0.3) is 0 Å². The molecule has 0 aliphatic rings. The molecule has 0 aromatic heterocycles. The van der Waals surface area contributed by atoms with Gasteiger partial charge in [-0.05, 0) is 43.7 Å². The fourth-order valence-corrected chi connectivity index (χ4v) is 4.00. The number of sulfonamides is 1. The number of carbonyl (C=O) groups is 2. The highest BCUT2D eigenvalue weighted by atomic mass is 32.2. The van der Waals surface area contributed by atoms with E-state index in [-0.39, 0.29) is 17.8 Å². The van der Waals surface area contributed by atoms with Crippen LogP contribution in [0.1, 0.15) is 32.3 Å². The topological polar surface area (TPSA) is 86.8 Å². The van der Waals surface area contributed by atoms with E-state index in [0.29, 0.717) is 6.54 Å². The predicted octanol–water partition coefficient (Wildman–Crippen LogP) is 3.06. The fraction of sp³-hybridized carbons (Fsp3) is 0.391. The predicted molar refractivity (Wildman–Crippen MR) is 123 cm³/mol. The summed E-state index contributed by atoms with van der Waals surface area (Å²) in [5.74, 6) is -2.24. The third-order valence-electron chi connectivity index (χ3n) is 5.09. The molecule has 0 aliphatic heterocycles. The average molecular weight is 482 g/mol. The molecule has 0 bridgehead atoms. The minimum atomic E-state index is -3.92. The van der Waals surface area contributed by atoms with Gasteiger partial charge in [-0.2, -0.15) is 0 Å². The minimum Gasteiger partial charge on any atom is -0.354 e. The van der Waals surface area contributed by atoms with Crippen LogP contribution in [-0.2, 0) is 26.2 Å². The maximum Gasteiger partial charge on any atom is 0.244 e. The summed E-state index contributed by atoms with van der Waals surface area (Å²) >= 11 is 0. The lowest BCUT2D eigenvalue weighted by atomic mass is 10.1. The van der Waals surface area contributed by atoms with Crippen molar-refractivity contribution in [3.63, 3.8) is 0 Å². The van der Waals surface area contributed by atoms with Gasteiger partial charge in [-0.25, -0.2) is 17.2 Å². The number of anilines is 1. The van der Waals surface area contributed by atoms with Crippen LogP contribution >= 0.6 is 0 Å². The molecule has 1 unspecified atom stereocenters. The largest absolute Gasteiger partial charge is 0.354 e. The summed E-state index contributed by atoms with van der Waals surface area (Å²) in [4.78, 5) is 27.1. The number of unbranched alkanes of at least 4 members (excludes halogenated alkanes) is 1. The SMILES string of the molecule is CCCCNC(=O)C(C)N(Cc1ccccc1F)C(=O)CN(c1ccc(F)cc1)S(C)(=O)=O. The van der Waals surface area contributed by atoms with Crippen molar-refractivity contribution in [2.45, 2.75) is 39.3 Å². The molecule has 0 fully saturated rings. The molecule has 180 valence electrons. The molecule has 0 heterocycles. The second-order valence-electron chi connectivity index (χ2n) is 7.68. The van der Waals surface area contributed by atoms with Crippen LogP contribution in [0.4, 0.5) is 14.5 Å². The number of carbonyl (C=O) groups excluding carboxylic acids is 2. The van der Waals surface area contributed by atoms with E-state index in [9.17, 15) is 26.8 Å². The second-order valence-corrected chi connectivity index (χ2v) is 9.59.